The molecule has 1 N–H and O–H groups in total. The first-order chi connectivity index (χ1) is 8.62. The monoisotopic (exact) mass is 249 g/mol. The fourth-order valence-electron chi connectivity index (χ4n) is 1.72. The molecule has 0 aliphatic carbocycles. The van der Waals surface area contributed by atoms with Gasteiger partial charge in [0.15, 0.2) is 0 Å². The van der Waals surface area contributed by atoms with Crippen molar-refractivity contribution < 1.29 is 4.79 Å². The van der Waals surface area contributed by atoms with Gasteiger partial charge in [-0.2, -0.15) is 0 Å². The Hall–Kier alpha value is -1.58. The molecule has 1 aromatic heterocycles. The Morgan fingerprint density at radius 2 is 2.17 bits per heavy atom. The van der Waals surface area contributed by atoms with Crippen molar-refractivity contribution in [2.75, 3.05) is 25.5 Å². The molecule has 100 valence electrons. The van der Waals surface area contributed by atoms with Crippen molar-refractivity contribution in [1.82, 2.24) is 9.88 Å². The highest BCUT2D eigenvalue weighted by atomic mass is 16.2. The SMILES string of the molecule is CCC(C)CN(CC)C(=O)c1cccc(NC)n1. The standard InChI is InChI=1S/C14H23N3O/c1-5-11(3)10-17(6-2)14(18)12-8-7-9-13(15-4)16-12/h7-9,11H,5-6,10H2,1-4H3,(H,15,16). The second-order valence-electron chi connectivity index (χ2n) is 4.52. The van der Waals surface area contributed by atoms with E-state index in [-0.39, 0.29) is 5.91 Å². The lowest BCUT2D eigenvalue weighted by Gasteiger charge is -2.23. The van der Waals surface area contributed by atoms with E-state index in [2.05, 4.69) is 24.1 Å². The van der Waals surface area contributed by atoms with Gasteiger partial charge in [-0.15, -0.1) is 0 Å². The molecule has 0 spiro atoms. The first-order valence-electron chi connectivity index (χ1n) is 6.56. The number of carbonyl (C=O) groups excluding carboxylic acids is 1. The van der Waals surface area contributed by atoms with Crippen molar-refractivity contribution in [3.8, 4) is 0 Å². The van der Waals surface area contributed by atoms with E-state index in [0.29, 0.717) is 18.2 Å². The van der Waals surface area contributed by atoms with Gasteiger partial charge < -0.3 is 10.2 Å². The third-order valence-corrected chi connectivity index (χ3v) is 3.12. The van der Waals surface area contributed by atoms with Gasteiger partial charge in [-0.3, -0.25) is 4.79 Å². The molecule has 0 aliphatic rings. The van der Waals surface area contributed by atoms with E-state index in [9.17, 15) is 4.79 Å². The fourth-order valence-corrected chi connectivity index (χ4v) is 1.72. The summed E-state index contributed by atoms with van der Waals surface area (Å²) in [6.45, 7) is 7.81. The van der Waals surface area contributed by atoms with Crippen molar-refractivity contribution in [3.05, 3.63) is 23.9 Å². The second-order valence-corrected chi connectivity index (χ2v) is 4.52. The van der Waals surface area contributed by atoms with Crippen LogP contribution >= 0.6 is 0 Å². The number of amides is 1. The van der Waals surface area contributed by atoms with Crippen LogP contribution in [0.3, 0.4) is 0 Å². The Morgan fingerprint density at radius 3 is 2.72 bits per heavy atom. The predicted molar refractivity (Wildman–Crippen MR) is 74.8 cm³/mol. The summed E-state index contributed by atoms with van der Waals surface area (Å²) in [5, 5.41) is 2.95. The molecule has 0 saturated carbocycles. The number of nitrogens with zero attached hydrogens (tertiary/aromatic N) is 2. The first kappa shape index (κ1) is 14.5. The van der Waals surface area contributed by atoms with Crippen LogP contribution in [0.2, 0.25) is 0 Å². The second kappa shape index (κ2) is 6.99. The van der Waals surface area contributed by atoms with Crippen molar-refractivity contribution in [3.63, 3.8) is 0 Å². The molecule has 0 aliphatic heterocycles. The number of hydrogen-bond donors (Lipinski definition) is 1. The van der Waals surface area contributed by atoms with Gasteiger partial charge in [0.2, 0.25) is 0 Å². The van der Waals surface area contributed by atoms with Gasteiger partial charge in [0.05, 0.1) is 0 Å². The predicted octanol–water partition coefficient (Wildman–Crippen LogP) is 2.63. The highest BCUT2D eigenvalue weighted by Gasteiger charge is 2.17. The zero-order valence-electron chi connectivity index (χ0n) is 11.7. The molecule has 1 heterocycles. The molecule has 1 aromatic rings. The zero-order valence-corrected chi connectivity index (χ0v) is 11.7. The third-order valence-electron chi connectivity index (χ3n) is 3.12. The Kier molecular flexibility index (Phi) is 5.62. The fraction of sp³-hybridized carbons (Fsp3) is 0.571. The molecular weight excluding hydrogens is 226 g/mol. The van der Waals surface area contributed by atoms with Gasteiger partial charge in [0.1, 0.15) is 11.5 Å². The average Bonchev–Trinajstić information content (AvgIpc) is 2.43. The molecule has 1 atom stereocenters. The normalized spacial score (nSPS) is 12.0. The van der Waals surface area contributed by atoms with E-state index in [1.807, 2.05) is 24.0 Å². The number of aromatic nitrogens is 1. The van der Waals surface area contributed by atoms with E-state index >= 15 is 0 Å². The molecule has 0 saturated heterocycles. The number of nitrogens with one attached hydrogen (secondary N) is 1. The maximum Gasteiger partial charge on any atom is 0.272 e. The van der Waals surface area contributed by atoms with Gasteiger partial charge in [-0.1, -0.05) is 26.3 Å². The Balaban J connectivity index is 2.82. The van der Waals surface area contributed by atoms with Gasteiger partial charge in [-0.05, 0) is 25.0 Å². The minimum absolute atomic E-state index is 0.00917. The molecule has 18 heavy (non-hydrogen) atoms. The Labute approximate surface area is 109 Å². The van der Waals surface area contributed by atoms with Crippen LogP contribution in [0.4, 0.5) is 5.82 Å². The van der Waals surface area contributed by atoms with E-state index in [0.717, 1.165) is 18.8 Å². The molecule has 0 fully saturated rings. The molecule has 0 aromatic carbocycles. The zero-order chi connectivity index (χ0) is 13.5. The van der Waals surface area contributed by atoms with Crippen molar-refractivity contribution in [2.45, 2.75) is 27.2 Å². The number of rotatable bonds is 6. The van der Waals surface area contributed by atoms with Gasteiger partial charge >= 0.3 is 0 Å². The Bertz CT molecular complexity index is 392. The molecule has 4 heteroatoms. The maximum absolute atomic E-state index is 12.3. The lowest BCUT2D eigenvalue weighted by Crippen LogP contribution is -2.35. The highest BCUT2D eigenvalue weighted by molar-refractivity contribution is 5.92. The maximum atomic E-state index is 12.3. The van der Waals surface area contributed by atoms with Crippen LogP contribution in [0.1, 0.15) is 37.7 Å². The lowest BCUT2D eigenvalue weighted by molar-refractivity contribution is 0.0735. The molecule has 4 nitrogen and oxygen atoms in total. The number of hydrogen-bond acceptors (Lipinski definition) is 3. The van der Waals surface area contributed by atoms with Crippen molar-refractivity contribution >= 4 is 11.7 Å². The van der Waals surface area contributed by atoms with Crippen LogP contribution < -0.4 is 5.32 Å². The summed E-state index contributed by atoms with van der Waals surface area (Å²) in [7, 11) is 1.80. The van der Waals surface area contributed by atoms with Crippen LogP contribution in [0.15, 0.2) is 18.2 Å². The minimum Gasteiger partial charge on any atom is -0.373 e. The van der Waals surface area contributed by atoms with Crippen molar-refractivity contribution in [1.29, 1.82) is 0 Å². The van der Waals surface area contributed by atoms with Crippen LogP contribution in [0.5, 0.6) is 0 Å². The quantitative estimate of drug-likeness (QED) is 0.843. The summed E-state index contributed by atoms with van der Waals surface area (Å²) in [5.74, 6) is 1.25. The van der Waals surface area contributed by atoms with E-state index < -0.39 is 0 Å². The number of anilines is 1. The van der Waals surface area contributed by atoms with Crippen molar-refractivity contribution in [2.24, 2.45) is 5.92 Å². The van der Waals surface area contributed by atoms with Gasteiger partial charge in [0, 0.05) is 20.1 Å². The molecular formula is C14H23N3O. The molecule has 0 radical (unpaired) electrons. The smallest absolute Gasteiger partial charge is 0.272 e. The number of pyridine rings is 1. The summed E-state index contributed by atoms with van der Waals surface area (Å²) in [4.78, 5) is 18.5. The minimum atomic E-state index is 0.00917. The first-order valence-corrected chi connectivity index (χ1v) is 6.56. The largest absolute Gasteiger partial charge is 0.373 e. The topological polar surface area (TPSA) is 45.2 Å². The molecule has 1 unspecified atom stereocenters. The van der Waals surface area contributed by atoms with E-state index in [4.69, 9.17) is 0 Å². The summed E-state index contributed by atoms with van der Waals surface area (Å²) < 4.78 is 0. The number of carbonyl (C=O) groups is 1. The third kappa shape index (κ3) is 3.72. The van der Waals surface area contributed by atoms with Crippen LogP contribution in [-0.2, 0) is 0 Å². The summed E-state index contributed by atoms with van der Waals surface area (Å²) >= 11 is 0. The lowest BCUT2D eigenvalue weighted by atomic mass is 10.1. The van der Waals surface area contributed by atoms with E-state index in [1.165, 1.54) is 0 Å². The summed E-state index contributed by atoms with van der Waals surface area (Å²) in [6, 6.07) is 5.47. The van der Waals surface area contributed by atoms with Gasteiger partial charge in [-0.25, -0.2) is 4.98 Å². The van der Waals surface area contributed by atoms with Crippen LogP contribution in [0, 0.1) is 5.92 Å². The highest BCUT2D eigenvalue weighted by Crippen LogP contribution is 2.10. The van der Waals surface area contributed by atoms with Gasteiger partial charge in [0.25, 0.3) is 5.91 Å². The van der Waals surface area contributed by atoms with E-state index in [1.54, 1.807) is 13.1 Å². The summed E-state index contributed by atoms with van der Waals surface area (Å²) in [5.41, 5.74) is 0.506. The Morgan fingerprint density at radius 1 is 1.44 bits per heavy atom. The molecule has 1 rings (SSSR count). The average molecular weight is 249 g/mol. The molecule has 0 bridgehead atoms. The summed E-state index contributed by atoms with van der Waals surface area (Å²) in [6.07, 6.45) is 1.08. The molecule has 1 amide bonds. The van der Waals surface area contributed by atoms with Crippen LogP contribution in [-0.4, -0.2) is 35.9 Å². The van der Waals surface area contributed by atoms with Crippen LogP contribution in [0.25, 0.3) is 0 Å².